The van der Waals surface area contributed by atoms with Gasteiger partial charge in [-0.2, -0.15) is 0 Å². The molecule has 1 rings (SSSR count). The molecule has 0 amide bonds. The Morgan fingerprint density at radius 3 is 3.08 bits per heavy atom. The quantitative estimate of drug-likeness (QED) is 0.492. The van der Waals surface area contributed by atoms with E-state index in [0.717, 1.165) is 19.7 Å². The molecule has 1 aliphatic rings. The molecule has 0 aromatic heterocycles. The van der Waals surface area contributed by atoms with Crippen LogP contribution in [0.5, 0.6) is 0 Å². The highest BCUT2D eigenvalue weighted by atomic mass is 16.5. The van der Waals surface area contributed by atoms with Crippen LogP contribution in [0.2, 0.25) is 0 Å². The summed E-state index contributed by atoms with van der Waals surface area (Å²) in [5.41, 5.74) is 0. The molecule has 0 aromatic carbocycles. The smallest absolute Gasteiger partial charge is 0.307 e. The number of hydrogen-bond acceptors (Lipinski definition) is 4. The zero-order valence-corrected chi connectivity index (χ0v) is 8.04. The van der Waals surface area contributed by atoms with E-state index >= 15 is 0 Å². The van der Waals surface area contributed by atoms with Crippen LogP contribution in [-0.4, -0.2) is 39.4 Å². The average molecular weight is 187 g/mol. The lowest BCUT2D eigenvalue weighted by Gasteiger charge is -2.08. The Morgan fingerprint density at radius 1 is 1.62 bits per heavy atom. The van der Waals surface area contributed by atoms with Gasteiger partial charge in [-0.15, -0.1) is 0 Å². The number of methoxy groups -OCH3 is 1. The first kappa shape index (κ1) is 10.5. The maximum Gasteiger partial charge on any atom is 0.307 e. The van der Waals surface area contributed by atoms with Crippen molar-refractivity contribution in [2.75, 3.05) is 33.4 Å². The summed E-state index contributed by atoms with van der Waals surface area (Å²) in [6.07, 6.45) is 1.54. The molecule has 1 atom stereocenters. The van der Waals surface area contributed by atoms with Crippen molar-refractivity contribution in [3.05, 3.63) is 0 Å². The van der Waals surface area contributed by atoms with E-state index in [4.69, 9.17) is 4.74 Å². The second kappa shape index (κ2) is 5.94. The standard InChI is InChI=1S/C9H17NO3/c1-12-9(11)3-5-13-7-8-2-4-10-6-8/h8,10H,2-7H2,1H3/t8-/m1/s1. The van der Waals surface area contributed by atoms with E-state index in [0.29, 0.717) is 18.9 Å². The van der Waals surface area contributed by atoms with Crippen molar-refractivity contribution in [1.82, 2.24) is 5.32 Å². The largest absolute Gasteiger partial charge is 0.469 e. The van der Waals surface area contributed by atoms with Crippen LogP contribution in [0.15, 0.2) is 0 Å². The molecular weight excluding hydrogens is 170 g/mol. The molecule has 1 N–H and O–H groups in total. The first-order valence-electron chi connectivity index (χ1n) is 4.68. The molecule has 4 heteroatoms. The van der Waals surface area contributed by atoms with Crippen LogP contribution in [-0.2, 0) is 14.3 Å². The molecule has 0 aliphatic carbocycles. The fourth-order valence-electron chi connectivity index (χ4n) is 1.36. The summed E-state index contributed by atoms with van der Waals surface area (Å²) >= 11 is 0. The van der Waals surface area contributed by atoms with Gasteiger partial charge in [0.1, 0.15) is 0 Å². The third-order valence-electron chi connectivity index (χ3n) is 2.19. The topological polar surface area (TPSA) is 47.6 Å². The van der Waals surface area contributed by atoms with E-state index in [9.17, 15) is 4.79 Å². The molecule has 0 spiro atoms. The number of ether oxygens (including phenoxy) is 2. The molecule has 0 bridgehead atoms. The molecule has 0 unspecified atom stereocenters. The Balaban J connectivity index is 1.91. The number of carbonyl (C=O) groups is 1. The summed E-state index contributed by atoms with van der Waals surface area (Å²) in [7, 11) is 1.39. The van der Waals surface area contributed by atoms with Gasteiger partial charge in [-0.05, 0) is 18.9 Å². The lowest BCUT2D eigenvalue weighted by atomic mass is 10.1. The summed E-state index contributed by atoms with van der Waals surface area (Å²) in [5.74, 6) is 0.419. The van der Waals surface area contributed by atoms with Crippen molar-refractivity contribution in [3.8, 4) is 0 Å². The predicted molar refractivity (Wildman–Crippen MR) is 48.4 cm³/mol. The van der Waals surface area contributed by atoms with Gasteiger partial charge < -0.3 is 14.8 Å². The minimum absolute atomic E-state index is 0.204. The van der Waals surface area contributed by atoms with Crippen molar-refractivity contribution in [1.29, 1.82) is 0 Å². The van der Waals surface area contributed by atoms with Crippen LogP contribution in [0.1, 0.15) is 12.8 Å². The predicted octanol–water partition coefficient (Wildman–Crippen LogP) is 0.176. The van der Waals surface area contributed by atoms with Crippen LogP contribution in [0.3, 0.4) is 0 Å². The molecule has 4 nitrogen and oxygen atoms in total. The van der Waals surface area contributed by atoms with Crippen molar-refractivity contribution in [2.24, 2.45) is 5.92 Å². The van der Waals surface area contributed by atoms with E-state index in [1.165, 1.54) is 13.5 Å². The van der Waals surface area contributed by atoms with Gasteiger partial charge in [0.05, 0.1) is 26.7 Å². The van der Waals surface area contributed by atoms with Gasteiger partial charge in [-0.3, -0.25) is 4.79 Å². The van der Waals surface area contributed by atoms with Crippen LogP contribution in [0, 0.1) is 5.92 Å². The van der Waals surface area contributed by atoms with Crippen molar-refractivity contribution in [3.63, 3.8) is 0 Å². The van der Waals surface area contributed by atoms with Gasteiger partial charge in [0, 0.05) is 6.54 Å². The summed E-state index contributed by atoms with van der Waals surface area (Å²) in [5, 5.41) is 3.26. The van der Waals surface area contributed by atoms with Gasteiger partial charge in [0.15, 0.2) is 0 Å². The maximum absolute atomic E-state index is 10.7. The van der Waals surface area contributed by atoms with E-state index in [-0.39, 0.29) is 5.97 Å². The molecule has 0 aromatic rings. The Kier molecular flexibility index (Phi) is 4.78. The van der Waals surface area contributed by atoms with Crippen LogP contribution in [0.4, 0.5) is 0 Å². The minimum atomic E-state index is -0.204. The van der Waals surface area contributed by atoms with E-state index in [1.807, 2.05) is 0 Å². The maximum atomic E-state index is 10.7. The molecule has 13 heavy (non-hydrogen) atoms. The van der Waals surface area contributed by atoms with Gasteiger partial charge >= 0.3 is 5.97 Å². The Morgan fingerprint density at radius 2 is 2.46 bits per heavy atom. The lowest BCUT2D eigenvalue weighted by molar-refractivity contribution is -0.141. The van der Waals surface area contributed by atoms with Crippen LogP contribution < -0.4 is 5.32 Å². The van der Waals surface area contributed by atoms with E-state index in [1.54, 1.807) is 0 Å². The summed E-state index contributed by atoms with van der Waals surface area (Å²) in [4.78, 5) is 10.7. The fourth-order valence-corrected chi connectivity index (χ4v) is 1.36. The summed E-state index contributed by atoms with van der Waals surface area (Å²) in [6.45, 7) is 3.36. The minimum Gasteiger partial charge on any atom is -0.469 e. The van der Waals surface area contributed by atoms with Crippen LogP contribution >= 0.6 is 0 Å². The first-order chi connectivity index (χ1) is 6.33. The molecule has 1 aliphatic heterocycles. The Bertz CT molecular complexity index is 155. The number of esters is 1. The molecule has 1 heterocycles. The number of rotatable bonds is 5. The zero-order valence-electron chi connectivity index (χ0n) is 8.04. The van der Waals surface area contributed by atoms with Gasteiger partial charge in [0.2, 0.25) is 0 Å². The molecule has 1 fully saturated rings. The highest BCUT2D eigenvalue weighted by Crippen LogP contribution is 2.07. The third kappa shape index (κ3) is 4.24. The first-order valence-corrected chi connectivity index (χ1v) is 4.68. The molecule has 76 valence electrons. The third-order valence-corrected chi connectivity index (χ3v) is 2.19. The second-order valence-electron chi connectivity index (χ2n) is 3.26. The zero-order chi connectivity index (χ0) is 9.52. The van der Waals surface area contributed by atoms with Gasteiger partial charge in [-0.25, -0.2) is 0 Å². The highest BCUT2D eigenvalue weighted by molar-refractivity contribution is 5.69. The number of hydrogen-bond donors (Lipinski definition) is 1. The van der Waals surface area contributed by atoms with E-state index < -0.39 is 0 Å². The van der Waals surface area contributed by atoms with Crippen LogP contribution in [0.25, 0.3) is 0 Å². The molecule has 1 saturated heterocycles. The van der Waals surface area contributed by atoms with Crippen molar-refractivity contribution < 1.29 is 14.3 Å². The van der Waals surface area contributed by atoms with E-state index in [2.05, 4.69) is 10.1 Å². The Hall–Kier alpha value is -0.610. The lowest BCUT2D eigenvalue weighted by Crippen LogP contribution is -2.15. The SMILES string of the molecule is COC(=O)CCOC[C@@H]1CCNC1. The highest BCUT2D eigenvalue weighted by Gasteiger charge is 2.14. The number of nitrogens with one attached hydrogen (secondary N) is 1. The monoisotopic (exact) mass is 187 g/mol. The van der Waals surface area contributed by atoms with Crippen molar-refractivity contribution >= 4 is 5.97 Å². The second-order valence-corrected chi connectivity index (χ2v) is 3.26. The van der Waals surface area contributed by atoms with Crippen molar-refractivity contribution in [2.45, 2.75) is 12.8 Å². The Labute approximate surface area is 78.6 Å². The summed E-state index contributed by atoms with van der Waals surface area (Å²) < 4.78 is 9.84. The van der Waals surface area contributed by atoms with Gasteiger partial charge in [0.25, 0.3) is 0 Å². The normalized spacial score (nSPS) is 21.8. The number of carbonyl (C=O) groups excluding carboxylic acids is 1. The fraction of sp³-hybridized carbons (Fsp3) is 0.889. The molecule has 0 saturated carbocycles. The van der Waals surface area contributed by atoms with Gasteiger partial charge in [-0.1, -0.05) is 0 Å². The molecule has 0 radical (unpaired) electrons. The molecular formula is C9H17NO3. The summed E-state index contributed by atoms with van der Waals surface area (Å²) in [6, 6.07) is 0. The average Bonchev–Trinajstić information content (AvgIpc) is 2.64.